The van der Waals surface area contributed by atoms with E-state index in [4.69, 9.17) is 21.1 Å². The molecule has 1 N–H and O–H groups in total. The molecule has 2 rings (SSSR count). The molecule has 0 spiro atoms. The van der Waals surface area contributed by atoms with Crippen LogP contribution in [0.25, 0.3) is 0 Å². The van der Waals surface area contributed by atoms with Gasteiger partial charge in [-0.2, -0.15) is 0 Å². The van der Waals surface area contributed by atoms with Crippen LogP contribution in [0.3, 0.4) is 0 Å². The first kappa shape index (κ1) is 16.2. The fraction of sp³-hybridized carbons (Fsp3) is 0.571. The number of ether oxygens (including phenoxy) is 2. The highest BCUT2D eigenvalue weighted by atomic mass is 35.5. The third kappa shape index (κ3) is 4.64. The number of non-ortho nitro benzene ring substituents is 1. The summed E-state index contributed by atoms with van der Waals surface area (Å²) < 4.78 is 11.5. The molecule has 1 unspecified atom stereocenters. The van der Waals surface area contributed by atoms with Crippen LogP contribution < -0.4 is 5.32 Å². The SMILES string of the molecule is CC1(C)CNCC(COCc2ccc([N+](=O)[O-])cc2Cl)O1. The maximum Gasteiger partial charge on any atom is 0.270 e. The molecule has 1 aromatic carbocycles. The number of hydrogen-bond acceptors (Lipinski definition) is 5. The molecule has 6 nitrogen and oxygen atoms in total. The standard InChI is InChI=1S/C14H19ClN2O4/c1-14(2)9-16-6-12(21-14)8-20-7-10-3-4-11(17(18)19)5-13(10)15/h3-5,12,16H,6-9H2,1-2H3. The van der Waals surface area contributed by atoms with Gasteiger partial charge in [0, 0.05) is 25.2 Å². The van der Waals surface area contributed by atoms with E-state index in [9.17, 15) is 10.1 Å². The Labute approximate surface area is 128 Å². The van der Waals surface area contributed by atoms with Gasteiger partial charge < -0.3 is 14.8 Å². The van der Waals surface area contributed by atoms with E-state index >= 15 is 0 Å². The molecule has 1 aromatic rings. The van der Waals surface area contributed by atoms with E-state index < -0.39 is 4.92 Å². The molecule has 0 radical (unpaired) electrons. The molecule has 116 valence electrons. The van der Waals surface area contributed by atoms with Crippen LogP contribution >= 0.6 is 11.6 Å². The molecule has 1 atom stereocenters. The van der Waals surface area contributed by atoms with Gasteiger partial charge >= 0.3 is 0 Å². The molecular formula is C14H19ClN2O4. The molecule has 0 saturated carbocycles. The fourth-order valence-corrected chi connectivity index (χ4v) is 2.46. The number of morpholine rings is 1. The quantitative estimate of drug-likeness (QED) is 0.668. The lowest BCUT2D eigenvalue weighted by molar-refractivity contribution is -0.384. The van der Waals surface area contributed by atoms with Crippen molar-refractivity contribution < 1.29 is 14.4 Å². The number of nitro benzene ring substituents is 1. The number of benzene rings is 1. The number of halogens is 1. The Morgan fingerprint density at radius 1 is 1.57 bits per heavy atom. The summed E-state index contributed by atoms with van der Waals surface area (Å²) in [6.45, 7) is 6.37. The zero-order chi connectivity index (χ0) is 15.5. The molecule has 21 heavy (non-hydrogen) atoms. The number of nitrogens with zero attached hydrogens (tertiary/aromatic N) is 1. The topological polar surface area (TPSA) is 73.6 Å². The minimum Gasteiger partial charge on any atom is -0.374 e. The third-order valence-electron chi connectivity index (χ3n) is 3.22. The highest BCUT2D eigenvalue weighted by molar-refractivity contribution is 6.31. The van der Waals surface area contributed by atoms with E-state index in [1.807, 2.05) is 13.8 Å². The Kier molecular flexibility index (Phi) is 5.16. The van der Waals surface area contributed by atoms with Crippen molar-refractivity contribution in [3.8, 4) is 0 Å². The minimum absolute atomic E-state index is 0.00873. The van der Waals surface area contributed by atoms with Gasteiger partial charge in [0.1, 0.15) is 0 Å². The van der Waals surface area contributed by atoms with Crippen molar-refractivity contribution in [3.05, 3.63) is 38.9 Å². The molecule has 1 saturated heterocycles. The van der Waals surface area contributed by atoms with Crippen LogP contribution in [0.2, 0.25) is 5.02 Å². The molecule has 0 aliphatic carbocycles. The van der Waals surface area contributed by atoms with Crippen molar-refractivity contribution in [2.24, 2.45) is 0 Å². The van der Waals surface area contributed by atoms with E-state index in [0.29, 0.717) is 18.2 Å². The molecular weight excluding hydrogens is 296 g/mol. The second kappa shape index (κ2) is 6.70. The van der Waals surface area contributed by atoms with Gasteiger partial charge in [0.25, 0.3) is 5.69 Å². The highest BCUT2D eigenvalue weighted by Gasteiger charge is 2.28. The second-order valence-corrected chi connectivity index (χ2v) is 6.09. The summed E-state index contributed by atoms with van der Waals surface area (Å²) in [7, 11) is 0. The van der Waals surface area contributed by atoms with Crippen LogP contribution in [0.4, 0.5) is 5.69 Å². The maximum absolute atomic E-state index is 10.6. The Bertz CT molecular complexity index is 522. The van der Waals surface area contributed by atoms with Crippen LogP contribution in [0.15, 0.2) is 18.2 Å². The lowest BCUT2D eigenvalue weighted by atomic mass is 10.1. The van der Waals surface area contributed by atoms with Gasteiger partial charge in [-0.05, 0) is 25.5 Å². The van der Waals surface area contributed by atoms with Gasteiger partial charge in [0.2, 0.25) is 0 Å². The summed E-state index contributed by atoms with van der Waals surface area (Å²) in [4.78, 5) is 10.2. The number of hydrogen-bond donors (Lipinski definition) is 1. The van der Waals surface area contributed by atoms with Crippen molar-refractivity contribution in [2.45, 2.75) is 32.2 Å². The van der Waals surface area contributed by atoms with Crippen molar-refractivity contribution in [3.63, 3.8) is 0 Å². The molecule has 1 aliphatic rings. The zero-order valence-corrected chi connectivity index (χ0v) is 12.9. The summed E-state index contributed by atoms with van der Waals surface area (Å²) in [5.41, 5.74) is 0.507. The Balaban J connectivity index is 1.85. The van der Waals surface area contributed by atoms with Gasteiger partial charge in [0.05, 0.1) is 34.9 Å². The van der Waals surface area contributed by atoms with E-state index in [0.717, 1.165) is 18.7 Å². The molecule has 1 aliphatic heterocycles. The monoisotopic (exact) mass is 314 g/mol. The normalized spacial score (nSPS) is 21.2. The molecule has 0 amide bonds. The second-order valence-electron chi connectivity index (χ2n) is 5.68. The van der Waals surface area contributed by atoms with E-state index in [2.05, 4.69) is 5.32 Å². The average Bonchev–Trinajstić information content (AvgIpc) is 2.39. The van der Waals surface area contributed by atoms with E-state index in [1.165, 1.54) is 12.1 Å². The van der Waals surface area contributed by atoms with Crippen molar-refractivity contribution in [1.29, 1.82) is 0 Å². The van der Waals surface area contributed by atoms with Crippen LogP contribution in [0, 0.1) is 10.1 Å². The Hall–Kier alpha value is -1.21. The van der Waals surface area contributed by atoms with E-state index in [1.54, 1.807) is 6.07 Å². The largest absolute Gasteiger partial charge is 0.374 e. The zero-order valence-electron chi connectivity index (χ0n) is 12.1. The Morgan fingerprint density at radius 3 is 2.95 bits per heavy atom. The summed E-state index contributed by atoms with van der Waals surface area (Å²) >= 11 is 6.01. The fourth-order valence-electron chi connectivity index (χ4n) is 2.23. The minimum atomic E-state index is -0.472. The predicted octanol–water partition coefficient (Wildman–Crippen LogP) is 2.53. The molecule has 0 aromatic heterocycles. The number of rotatable bonds is 5. The molecule has 0 bridgehead atoms. The van der Waals surface area contributed by atoms with Gasteiger partial charge in [-0.25, -0.2) is 0 Å². The lowest BCUT2D eigenvalue weighted by Gasteiger charge is -2.36. The maximum atomic E-state index is 10.6. The van der Waals surface area contributed by atoms with Crippen LogP contribution in [0.1, 0.15) is 19.4 Å². The molecule has 1 fully saturated rings. The first-order valence-corrected chi connectivity index (χ1v) is 7.14. The number of nitro groups is 1. The van der Waals surface area contributed by atoms with Gasteiger partial charge in [-0.15, -0.1) is 0 Å². The molecule has 1 heterocycles. The van der Waals surface area contributed by atoms with Crippen LogP contribution in [-0.4, -0.2) is 36.3 Å². The predicted molar refractivity (Wildman–Crippen MR) is 79.6 cm³/mol. The average molecular weight is 315 g/mol. The van der Waals surface area contributed by atoms with Crippen molar-refractivity contribution >= 4 is 17.3 Å². The highest BCUT2D eigenvalue weighted by Crippen LogP contribution is 2.23. The lowest BCUT2D eigenvalue weighted by Crippen LogP contribution is -2.51. The smallest absolute Gasteiger partial charge is 0.270 e. The van der Waals surface area contributed by atoms with Crippen molar-refractivity contribution in [1.82, 2.24) is 5.32 Å². The summed E-state index contributed by atoms with van der Waals surface area (Å²) in [6, 6.07) is 4.37. The van der Waals surface area contributed by atoms with Crippen molar-refractivity contribution in [2.75, 3.05) is 19.7 Å². The summed E-state index contributed by atoms with van der Waals surface area (Å²) in [5, 5.41) is 14.3. The first-order valence-electron chi connectivity index (χ1n) is 6.76. The van der Waals surface area contributed by atoms with Gasteiger partial charge in [0.15, 0.2) is 0 Å². The molecule has 7 heteroatoms. The summed E-state index contributed by atoms with van der Waals surface area (Å²) in [5.74, 6) is 0. The third-order valence-corrected chi connectivity index (χ3v) is 3.57. The van der Waals surface area contributed by atoms with Gasteiger partial charge in [-0.1, -0.05) is 11.6 Å². The summed E-state index contributed by atoms with van der Waals surface area (Å²) in [6.07, 6.45) is -0.00873. The van der Waals surface area contributed by atoms with Crippen LogP contribution in [-0.2, 0) is 16.1 Å². The first-order chi connectivity index (χ1) is 9.87. The van der Waals surface area contributed by atoms with E-state index in [-0.39, 0.29) is 17.4 Å². The Morgan fingerprint density at radius 2 is 2.33 bits per heavy atom. The van der Waals surface area contributed by atoms with Crippen LogP contribution in [0.5, 0.6) is 0 Å². The number of nitrogens with one attached hydrogen (secondary N) is 1. The van der Waals surface area contributed by atoms with Gasteiger partial charge in [-0.3, -0.25) is 10.1 Å².